The van der Waals surface area contributed by atoms with Gasteiger partial charge in [-0.25, -0.2) is 4.98 Å². The van der Waals surface area contributed by atoms with Crippen LogP contribution in [-0.2, 0) is 7.05 Å². The van der Waals surface area contributed by atoms with Crippen LogP contribution in [0.3, 0.4) is 0 Å². The largest absolute Gasteiger partial charge is 0.406 e. The number of nitrogens with zero attached hydrogens (tertiary/aromatic N) is 4. The molecule has 0 radical (unpaired) electrons. The predicted octanol–water partition coefficient (Wildman–Crippen LogP) is 2.57. The van der Waals surface area contributed by atoms with Crippen LogP contribution in [0, 0.1) is 24.0 Å². The van der Waals surface area contributed by atoms with Crippen molar-refractivity contribution in [1.29, 1.82) is 0 Å². The van der Waals surface area contributed by atoms with Gasteiger partial charge in [-0.3, -0.25) is 4.57 Å². The number of nitrogens with one attached hydrogen (secondary N) is 1. The summed E-state index contributed by atoms with van der Waals surface area (Å²) in [7, 11) is 1.75. The van der Waals surface area contributed by atoms with Crippen LogP contribution in [0.25, 0.3) is 0 Å². The molecular weight excluding hydrogens is 266 g/mol. The SMILES string of the molecule is Cc1csc(C(C)Nc2c([N+](=O)[O-])nc(C)n2C)n1. The van der Waals surface area contributed by atoms with Crippen LogP contribution in [0.4, 0.5) is 11.6 Å². The third-order valence-electron chi connectivity index (χ3n) is 2.83. The van der Waals surface area contributed by atoms with E-state index in [-0.39, 0.29) is 11.9 Å². The predicted molar refractivity (Wildman–Crippen MR) is 73.5 cm³/mol. The van der Waals surface area contributed by atoms with Crippen molar-refractivity contribution in [2.24, 2.45) is 7.05 Å². The third-order valence-corrected chi connectivity index (χ3v) is 3.98. The van der Waals surface area contributed by atoms with Gasteiger partial charge in [-0.1, -0.05) is 0 Å². The highest BCUT2D eigenvalue weighted by atomic mass is 32.1. The fraction of sp³-hybridized carbons (Fsp3) is 0.455. The first-order valence-electron chi connectivity index (χ1n) is 5.76. The van der Waals surface area contributed by atoms with E-state index in [0.29, 0.717) is 11.6 Å². The van der Waals surface area contributed by atoms with E-state index in [2.05, 4.69) is 15.3 Å². The van der Waals surface area contributed by atoms with Gasteiger partial charge in [0.05, 0.1) is 6.04 Å². The Hall–Kier alpha value is -1.96. The summed E-state index contributed by atoms with van der Waals surface area (Å²) in [6.45, 7) is 5.57. The lowest BCUT2D eigenvalue weighted by molar-refractivity contribution is -0.388. The van der Waals surface area contributed by atoms with Crippen molar-refractivity contribution in [2.45, 2.75) is 26.8 Å². The quantitative estimate of drug-likeness (QED) is 0.687. The zero-order chi connectivity index (χ0) is 14.2. The normalized spacial score (nSPS) is 12.4. The smallest absolute Gasteiger partial charge is 0.358 e. The second-order valence-electron chi connectivity index (χ2n) is 4.34. The van der Waals surface area contributed by atoms with Crippen LogP contribution in [0.5, 0.6) is 0 Å². The summed E-state index contributed by atoms with van der Waals surface area (Å²) in [6.07, 6.45) is 0. The lowest BCUT2D eigenvalue weighted by atomic mass is 10.3. The first kappa shape index (κ1) is 13.5. The molecule has 0 spiro atoms. The fourth-order valence-corrected chi connectivity index (χ4v) is 2.52. The van der Waals surface area contributed by atoms with Crippen LogP contribution in [0.1, 0.15) is 29.5 Å². The van der Waals surface area contributed by atoms with Crippen molar-refractivity contribution in [3.63, 3.8) is 0 Å². The second-order valence-corrected chi connectivity index (χ2v) is 5.23. The number of nitro groups is 1. The monoisotopic (exact) mass is 281 g/mol. The molecular formula is C11H15N5O2S. The van der Waals surface area contributed by atoms with Gasteiger partial charge in [0.25, 0.3) is 0 Å². The summed E-state index contributed by atoms with van der Waals surface area (Å²) < 4.78 is 1.68. The number of anilines is 1. The summed E-state index contributed by atoms with van der Waals surface area (Å²) in [5.41, 5.74) is 0.948. The number of rotatable bonds is 4. The Labute approximate surface area is 114 Å². The molecule has 0 saturated carbocycles. The molecule has 2 rings (SSSR count). The number of thiazole rings is 1. The van der Waals surface area contributed by atoms with Crippen molar-refractivity contribution < 1.29 is 4.92 Å². The Morgan fingerprint density at radius 3 is 2.68 bits per heavy atom. The van der Waals surface area contributed by atoms with Gasteiger partial charge in [0, 0.05) is 25.0 Å². The maximum absolute atomic E-state index is 11.0. The molecule has 0 aromatic carbocycles. The molecule has 7 nitrogen and oxygen atoms in total. The van der Waals surface area contributed by atoms with Crippen molar-refractivity contribution in [2.75, 3.05) is 5.32 Å². The van der Waals surface area contributed by atoms with E-state index < -0.39 is 4.92 Å². The number of hydrogen-bond donors (Lipinski definition) is 1. The van der Waals surface area contributed by atoms with E-state index in [4.69, 9.17) is 0 Å². The molecule has 0 amide bonds. The molecule has 8 heteroatoms. The molecule has 1 unspecified atom stereocenters. The molecule has 0 aliphatic heterocycles. The zero-order valence-corrected chi connectivity index (χ0v) is 12.0. The van der Waals surface area contributed by atoms with E-state index in [9.17, 15) is 10.1 Å². The van der Waals surface area contributed by atoms with Crippen molar-refractivity contribution in [1.82, 2.24) is 14.5 Å². The van der Waals surface area contributed by atoms with Crippen LogP contribution in [-0.4, -0.2) is 19.5 Å². The van der Waals surface area contributed by atoms with Gasteiger partial charge >= 0.3 is 5.82 Å². The van der Waals surface area contributed by atoms with Gasteiger partial charge in [-0.2, -0.15) is 0 Å². The molecule has 2 aromatic rings. The van der Waals surface area contributed by atoms with Gasteiger partial charge < -0.3 is 15.4 Å². The Morgan fingerprint density at radius 1 is 1.47 bits per heavy atom. The molecule has 0 bridgehead atoms. The van der Waals surface area contributed by atoms with Crippen LogP contribution in [0.15, 0.2) is 5.38 Å². The Balaban J connectivity index is 2.30. The Morgan fingerprint density at radius 2 is 2.16 bits per heavy atom. The standard InChI is InChI=1S/C11H15N5O2S/c1-6-5-19-11(12-6)7(2)13-9-10(16(17)18)14-8(3)15(9)4/h5,7,13H,1-4H3. The number of aromatic nitrogens is 3. The van der Waals surface area contributed by atoms with E-state index >= 15 is 0 Å². The van der Waals surface area contributed by atoms with E-state index in [0.717, 1.165) is 10.7 Å². The molecule has 102 valence electrons. The van der Waals surface area contributed by atoms with E-state index in [1.165, 1.54) is 11.3 Å². The molecule has 2 heterocycles. The maximum Gasteiger partial charge on any atom is 0.406 e. The average molecular weight is 281 g/mol. The zero-order valence-electron chi connectivity index (χ0n) is 11.2. The molecule has 0 fully saturated rings. The number of imidazole rings is 1. The first-order chi connectivity index (χ1) is 8.90. The average Bonchev–Trinajstić information content (AvgIpc) is 2.88. The summed E-state index contributed by atoms with van der Waals surface area (Å²) in [6, 6.07) is -0.104. The minimum Gasteiger partial charge on any atom is -0.358 e. The first-order valence-corrected chi connectivity index (χ1v) is 6.64. The highest BCUT2D eigenvalue weighted by molar-refractivity contribution is 7.09. The Bertz CT molecular complexity index is 619. The summed E-state index contributed by atoms with van der Waals surface area (Å²) in [4.78, 5) is 18.8. The molecule has 2 aromatic heterocycles. The van der Waals surface area contributed by atoms with Gasteiger partial charge in [0.15, 0.2) is 0 Å². The molecule has 0 aliphatic carbocycles. The second kappa shape index (κ2) is 4.96. The van der Waals surface area contributed by atoms with Crippen LogP contribution in [0.2, 0.25) is 0 Å². The van der Waals surface area contributed by atoms with Crippen LogP contribution >= 0.6 is 11.3 Å². The lowest BCUT2D eigenvalue weighted by Gasteiger charge is -2.12. The maximum atomic E-state index is 11.0. The van der Waals surface area contributed by atoms with Crippen molar-refractivity contribution in [3.05, 3.63) is 32.0 Å². The van der Waals surface area contributed by atoms with Crippen molar-refractivity contribution in [3.8, 4) is 0 Å². The summed E-state index contributed by atoms with van der Waals surface area (Å²) >= 11 is 1.53. The highest BCUT2D eigenvalue weighted by Crippen LogP contribution is 2.29. The van der Waals surface area contributed by atoms with E-state index in [1.54, 1.807) is 18.5 Å². The Kier molecular flexibility index (Phi) is 3.52. The van der Waals surface area contributed by atoms with Gasteiger partial charge in [-0.05, 0) is 23.8 Å². The summed E-state index contributed by atoms with van der Waals surface area (Å²) in [5.74, 6) is 0.847. The number of hydrogen-bond acceptors (Lipinski definition) is 6. The lowest BCUT2D eigenvalue weighted by Crippen LogP contribution is -2.11. The molecule has 1 atom stereocenters. The van der Waals surface area contributed by atoms with Gasteiger partial charge in [-0.15, -0.1) is 11.3 Å². The van der Waals surface area contributed by atoms with Crippen molar-refractivity contribution >= 4 is 23.0 Å². The van der Waals surface area contributed by atoms with Gasteiger partial charge in [0.1, 0.15) is 5.01 Å². The van der Waals surface area contributed by atoms with Gasteiger partial charge in [0.2, 0.25) is 11.6 Å². The summed E-state index contributed by atoms with van der Waals surface area (Å²) in [5, 5.41) is 17.0. The number of aryl methyl sites for hydroxylation is 2. The fourth-order valence-electron chi connectivity index (χ4n) is 1.72. The third kappa shape index (κ3) is 2.58. The molecule has 1 N–H and O–H groups in total. The van der Waals surface area contributed by atoms with E-state index in [1.807, 2.05) is 19.2 Å². The minimum atomic E-state index is -0.477. The van der Waals surface area contributed by atoms with Crippen LogP contribution < -0.4 is 5.32 Å². The topological polar surface area (TPSA) is 85.9 Å². The minimum absolute atomic E-state index is 0.104. The highest BCUT2D eigenvalue weighted by Gasteiger charge is 2.25. The molecule has 19 heavy (non-hydrogen) atoms. The molecule has 0 saturated heterocycles. The molecule has 0 aliphatic rings.